The zero-order valence-corrected chi connectivity index (χ0v) is 18.2. The molecule has 0 atom stereocenters. The average Bonchev–Trinajstić information content (AvgIpc) is 3.08. The summed E-state index contributed by atoms with van der Waals surface area (Å²) < 4.78 is 13.0. The van der Waals surface area contributed by atoms with E-state index in [2.05, 4.69) is 30.4 Å². The summed E-state index contributed by atoms with van der Waals surface area (Å²) in [5, 5.41) is 9.28. The molecule has 0 radical (unpaired) electrons. The SMILES string of the molecule is COc1cc(OC)c2c(c1)C(=O)c1cc(C)cc3c1c-2nn3CCNCCN(C)C. The van der Waals surface area contributed by atoms with Gasteiger partial charge in [-0.1, -0.05) is 0 Å². The number of hydrogen-bond donors (Lipinski definition) is 1. The van der Waals surface area contributed by atoms with Gasteiger partial charge < -0.3 is 19.7 Å². The zero-order chi connectivity index (χ0) is 21.4. The third kappa shape index (κ3) is 3.44. The van der Waals surface area contributed by atoms with Gasteiger partial charge in [0.1, 0.15) is 17.2 Å². The summed E-state index contributed by atoms with van der Waals surface area (Å²) in [6, 6.07) is 7.63. The lowest BCUT2D eigenvalue weighted by atomic mass is 9.86. The van der Waals surface area contributed by atoms with Crippen LogP contribution in [0.5, 0.6) is 11.5 Å². The minimum atomic E-state index is -0.0212. The molecule has 0 fully saturated rings. The van der Waals surface area contributed by atoms with Gasteiger partial charge in [-0.3, -0.25) is 9.48 Å². The van der Waals surface area contributed by atoms with E-state index in [-0.39, 0.29) is 5.78 Å². The van der Waals surface area contributed by atoms with Gasteiger partial charge in [0.25, 0.3) is 0 Å². The topological polar surface area (TPSA) is 68.6 Å². The third-order valence-electron chi connectivity index (χ3n) is 5.49. The van der Waals surface area contributed by atoms with Crippen LogP contribution in [0.2, 0.25) is 0 Å². The maximum absolute atomic E-state index is 13.4. The van der Waals surface area contributed by atoms with Gasteiger partial charge in [-0.15, -0.1) is 0 Å². The average molecular weight is 409 g/mol. The van der Waals surface area contributed by atoms with E-state index in [9.17, 15) is 4.79 Å². The number of nitrogens with one attached hydrogen (secondary N) is 1. The van der Waals surface area contributed by atoms with Gasteiger partial charge in [0.2, 0.25) is 0 Å². The largest absolute Gasteiger partial charge is 0.497 e. The molecule has 30 heavy (non-hydrogen) atoms. The lowest BCUT2D eigenvalue weighted by molar-refractivity contribution is 0.103. The van der Waals surface area contributed by atoms with Crippen molar-refractivity contribution in [3.05, 3.63) is 41.0 Å². The third-order valence-corrected chi connectivity index (χ3v) is 5.49. The number of carbonyl (C=O) groups excluding carboxylic acids is 1. The molecule has 1 N–H and O–H groups in total. The van der Waals surface area contributed by atoms with Crippen LogP contribution in [0, 0.1) is 6.92 Å². The second kappa shape index (κ2) is 8.08. The van der Waals surface area contributed by atoms with E-state index in [1.807, 2.05) is 17.7 Å². The summed E-state index contributed by atoms with van der Waals surface area (Å²) in [5.74, 6) is 1.17. The Morgan fingerprint density at radius 3 is 2.57 bits per heavy atom. The van der Waals surface area contributed by atoms with Crippen molar-refractivity contribution in [1.29, 1.82) is 0 Å². The first kappa shape index (κ1) is 20.4. The van der Waals surface area contributed by atoms with Crippen LogP contribution in [0.4, 0.5) is 0 Å². The van der Waals surface area contributed by atoms with E-state index >= 15 is 0 Å². The van der Waals surface area contributed by atoms with Gasteiger partial charge in [0.15, 0.2) is 5.78 Å². The van der Waals surface area contributed by atoms with Crippen molar-refractivity contribution >= 4 is 16.7 Å². The molecule has 0 saturated carbocycles. The molecule has 1 aromatic heterocycles. The van der Waals surface area contributed by atoms with Crippen LogP contribution in [-0.4, -0.2) is 68.4 Å². The number of ketones is 1. The lowest BCUT2D eigenvalue weighted by Gasteiger charge is -2.19. The predicted molar refractivity (Wildman–Crippen MR) is 118 cm³/mol. The second-order valence-corrected chi connectivity index (χ2v) is 7.91. The summed E-state index contributed by atoms with van der Waals surface area (Å²) >= 11 is 0. The Bertz CT molecular complexity index is 1120. The highest BCUT2D eigenvalue weighted by atomic mass is 16.5. The number of carbonyl (C=O) groups is 1. The lowest BCUT2D eigenvalue weighted by Crippen LogP contribution is -2.29. The Kier molecular flexibility index (Phi) is 5.49. The van der Waals surface area contributed by atoms with Crippen LogP contribution in [0.15, 0.2) is 24.3 Å². The quantitative estimate of drug-likeness (QED) is 0.452. The fourth-order valence-electron chi connectivity index (χ4n) is 4.02. The molecule has 0 spiro atoms. The van der Waals surface area contributed by atoms with E-state index in [0.29, 0.717) is 22.6 Å². The summed E-state index contributed by atoms with van der Waals surface area (Å²) in [7, 11) is 7.31. The summed E-state index contributed by atoms with van der Waals surface area (Å²) in [6.45, 7) is 5.42. The number of benzene rings is 2. The molecule has 7 heteroatoms. The van der Waals surface area contributed by atoms with E-state index in [0.717, 1.165) is 53.9 Å². The summed E-state index contributed by atoms with van der Waals surface area (Å²) in [4.78, 5) is 15.5. The molecule has 0 unspecified atom stereocenters. The highest BCUT2D eigenvalue weighted by Crippen LogP contribution is 2.45. The van der Waals surface area contributed by atoms with Crippen molar-refractivity contribution in [2.24, 2.45) is 0 Å². The van der Waals surface area contributed by atoms with E-state index in [4.69, 9.17) is 14.6 Å². The standard InChI is InChI=1S/C23H28N4O3/c1-14-10-16-20-18(11-14)27(9-7-24-6-8-26(2)3)25-22(20)21-17(23(16)28)12-15(29-4)13-19(21)30-5/h10-13,24H,6-9H2,1-5H3. The van der Waals surface area contributed by atoms with E-state index in [1.165, 1.54) is 0 Å². The van der Waals surface area contributed by atoms with E-state index < -0.39 is 0 Å². The highest BCUT2D eigenvalue weighted by Gasteiger charge is 2.32. The fraction of sp³-hybridized carbons (Fsp3) is 0.391. The number of rotatable bonds is 8. The molecule has 0 saturated heterocycles. The molecule has 2 aromatic carbocycles. The second-order valence-electron chi connectivity index (χ2n) is 7.91. The molecule has 158 valence electrons. The van der Waals surface area contributed by atoms with Crippen LogP contribution < -0.4 is 14.8 Å². The number of hydrogen-bond acceptors (Lipinski definition) is 6. The first-order chi connectivity index (χ1) is 14.4. The maximum Gasteiger partial charge on any atom is 0.194 e. The molecule has 4 rings (SSSR count). The normalized spacial score (nSPS) is 12.5. The van der Waals surface area contributed by atoms with Gasteiger partial charge in [-0.2, -0.15) is 5.10 Å². The molecule has 1 aliphatic rings. The Morgan fingerprint density at radius 1 is 1.07 bits per heavy atom. The molecule has 1 heterocycles. The smallest absolute Gasteiger partial charge is 0.194 e. The van der Waals surface area contributed by atoms with Gasteiger partial charge in [0.05, 0.1) is 31.8 Å². The highest BCUT2D eigenvalue weighted by molar-refractivity contribution is 6.26. The van der Waals surface area contributed by atoms with Crippen molar-refractivity contribution < 1.29 is 14.3 Å². The predicted octanol–water partition coefficient (Wildman–Crippen LogP) is 2.72. The molecular formula is C23H28N4O3. The monoisotopic (exact) mass is 408 g/mol. The minimum absolute atomic E-state index is 0.0212. The van der Waals surface area contributed by atoms with Crippen molar-refractivity contribution in [3.63, 3.8) is 0 Å². The number of nitrogens with zero attached hydrogens (tertiary/aromatic N) is 3. The van der Waals surface area contributed by atoms with Gasteiger partial charge in [0, 0.05) is 42.2 Å². The van der Waals surface area contributed by atoms with Crippen LogP contribution in [-0.2, 0) is 6.54 Å². The molecule has 0 amide bonds. The number of ether oxygens (including phenoxy) is 2. The molecule has 1 aliphatic carbocycles. The summed E-state index contributed by atoms with van der Waals surface area (Å²) in [6.07, 6.45) is 0. The van der Waals surface area contributed by atoms with E-state index in [1.54, 1.807) is 26.4 Å². The number of aromatic nitrogens is 2. The molecule has 0 bridgehead atoms. The Hall–Kier alpha value is -2.90. The number of methoxy groups -OCH3 is 2. The summed E-state index contributed by atoms with van der Waals surface area (Å²) in [5.41, 5.74) is 4.81. The van der Waals surface area contributed by atoms with Crippen molar-refractivity contribution in [3.8, 4) is 22.8 Å². The van der Waals surface area contributed by atoms with Gasteiger partial charge >= 0.3 is 0 Å². The minimum Gasteiger partial charge on any atom is -0.497 e. The zero-order valence-electron chi connectivity index (χ0n) is 18.2. The van der Waals surface area contributed by atoms with Gasteiger partial charge in [-0.25, -0.2) is 0 Å². The molecule has 3 aromatic rings. The first-order valence-electron chi connectivity index (χ1n) is 10.1. The van der Waals surface area contributed by atoms with Crippen molar-refractivity contribution in [1.82, 2.24) is 20.0 Å². The van der Waals surface area contributed by atoms with Crippen molar-refractivity contribution in [2.45, 2.75) is 13.5 Å². The van der Waals surface area contributed by atoms with Crippen molar-refractivity contribution in [2.75, 3.05) is 47.9 Å². The number of likely N-dealkylation sites (N-methyl/N-ethyl adjacent to an activating group) is 1. The van der Waals surface area contributed by atoms with Crippen LogP contribution >= 0.6 is 0 Å². The Balaban J connectivity index is 1.81. The molecular weight excluding hydrogens is 380 g/mol. The number of aryl methyl sites for hydroxylation is 1. The molecule has 0 aliphatic heterocycles. The molecule has 7 nitrogen and oxygen atoms in total. The van der Waals surface area contributed by atoms with Gasteiger partial charge in [-0.05, 0) is 44.8 Å². The maximum atomic E-state index is 13.4. The first-order valence-corrected chi connectivity index (χ1v) is 10.1. The Labute approximate surface area is 176 Å². The number of fused-ring (bicyclic) bond motifs is 2. The Morgan fingerprint density at radius 2 is 1.87 bits per heavy atom. The fourth-order valence-corrected chi connectivity index (χ4v) is 4.02. The van der Waals surface area contributed by atoms with Crippen LogP contribution in [0.3, 0.4) is 0 Å². The van der Waals surface area contributed by atoms with Crippen LogP contribution in [0.1, 0.15) is 21.5 Å². The van der Waals surface area contributed by atoms with Crippen LogP contribution in [0.25, 0.3) is 22.2 Å².